The van der Waals surface area contributed by atoms with Crippen LogP contribution in [0.5, 0.6) is 0 Å². The molecule has 0 bridgehead atoms. The number of aliphatic hydroxyl groups is 3. The van der Waals surface area contributed by atoms with Gasteiger partial charge in [-0.15, -0.1) is 0 Å². The van der Waals surface area contributed by atoms with Crippen LogP contribution in [0.1, 0.15) is 6.23 Å². The predicted octanol–water partition coefficient (Wildman–Crippen LogP) is -0.504. The lowest BCUT2D eigenvalue weighted by Crippen LogP contribution is -2.33. The Morgan fingerprint density at radius 1 is 1.28 bits per heavy atom. The summed E-state index contributed by atoms with van der Waals surface area (Å²) in [4.78, 5) is 24.4. The van der Waals surface area contributed by atoms with E-state index in [-0.39, 0.29) is 24.0 Å². The number of nitrogen functional groups attached to an aromatic ring is 1. The van der Waals surface area contributed by atoms with Gasteiger partial charge in [0.15, 0.2) is 17.7 Å². The van der Waals surface area contributed by atoms with Gasteiger partial charge in [0.05, 0.1) is 19.5 Å². The summed E-state index contributed by atoms with van der Waals surface area (Å²) in [5, 5.41) is 35.2. The number of fused-ring (bicyclic) bond motifs is 1. The number of nitrogens with two attached hydrogens (primary N) is 1. The topological polar surface area (TPSA) is 190 Å². The van der Waals surface area contributed by atoms with E-state index >= 15 is 0 Å². The molecule has 14 heteroatoms. The molecule has 3 rings (SSSR count). The lowest BCUT2D eigenvalue weighted by molar-refractivity contribution is -0.0511. The molecule has 0 aliphatic carbocycles. The Bertz CT molecular complexity index is 936. The molecule has 0 radical (unpaired) electrons. The van der Waals surface area contributed by atoms with Gasteiger partial charge in [0.25, 0.3) is 0 Å². The summed E-state index contributed by atoms with van der Waals surface area (Å²) in [6.45, 7) is 7.17. The minimum atomic E-state index is -1.28. The van der Waals surface area contributed by atoms with Gasteiger partial charge < -0.3 is 41.2 Å². The van der Waals surface area contributed by atoms with E-state index in [0.717, 1.165) is 6.04 Å². The van der Waals surface area contributed by atoms with E-state index in [9.17, 15) is 20.1 Å². The van der Waals surface area contributed by atoms with Gasteiger partial charge in [-0.05, 0) is 6.04 Å². The molecule has 2 aromatic heterocycles. The van der Waals surface area contributed by atoms with Crippen LogP contribution in [-0.4, -0.2) is 93.6 Å². The number of imidazole rings is 1. The summed E-state index contributed by atoms with van der Waals surface area (Å²) in [5.74, 6) is 0.305. The van der Waals surface area contributed by atoms with Crippen LogP contribution in [0.2, 0.25) is 25.7 Å². The average Bonchev–Trinajstić information content (AvgIpc) is 3.26. The Labute approximate surface area is 186 Å². The summed E-state index contributed by atoms with van der Waals surface area (Å²) >= 11 is 0. The fourth-order valence-electron chi connectivity index (χ4n) is 3.15. The highest BCUT2D eigenvalue weighted by Crippen LogP contribution is 2.32. The highest BCUT2D eigenvalue weighted by Gasteiger charge is 2.44. The van der Waals surface area contributed by atoms with Crippen LogP contribution in [0.4, 0.5) is 16.6 Å². The molecule has 7 N–H and O–H groups in total. The maximum absolute atomic E-state index is 11.8. The number of nitrogens with zero attached hydrogens (tertiary/aromatic N) is 4. The summed E-state index contributed by atoms with van der Waals surface area (Å²) in [6.07, 6.45) is -3.58. The van der Waals surface area contributed by atoms with E-state index < -0.39 is 45.3 Å². The normalized spacial score (nSPS) is 23.4. The predicted molar refractivity (Wildman–Crippen MR) is 119 cm³/mol. The molecule has 178 valence electrons. The zero-order valence-electron chi connectivity index (χ0n) is 18.4. The third-order valence-corrected chi connectivity index (χ3v) is 6.71. The zero-order chi connectivity index (χ0) is 23.5. The van der Waals surface area contributed by atoms with E-state index in [2.05, 4.69) is 45.2 Å². The van der Waals surface area contributed by atoms with Gasteiger partial charge in [-0.2, -0.15) is 9.97 Å². The van der Waals surface area contributed by atoms with Gasteiger partial charge in [0.1, 0.15) is 23.8 Å². The van der Waals surface area contributed by atoms with Crippen molar-refractivity contribution in [3.8, 4) is 0 Å². The Hall–Kier alpha value is -2.52. The lowest BCUT2D eigenvalue weighted by Gasteiger charge is -2.17. The Morgan fingerprint density at radius 3 is 2.69 bits per heavy atom. The second-order valence-electron chi connectivity index (χ2n) is 8.79. The molecule has 3 heterocycles. The smallest absolute Gasteiger partial charge is 0.407 e. The van der Waals surface area contributed by atoms with E-state index in [0.29, 0.717) is 18.7 Å². The van der Waals surface area contributed by atoms with Gasteiger partial charge in [0.2, 0.25) is 5.95 Å². The van der Waals surface area contributed by atoms with Crippen molar-refractivity contribution in [1.82, 2.24) is 24.8 Å². The standard InChI is InChI=1S/C18H31N7O6Si/c1-32(2,3)7-6-30-18(29)21-5-4-20-17-23-14(19)11-15(24-17)25(9-22-11)16-13(28)12(27)10(8-26)31-16/h9-10,12-13,16,26-28H,4-8H2,1-3H3,(H,21,29)(H3,19,20,23,24)/t10-,12-,13-,16-/m1/s1. The van der Waals surface area contributed by atoms with Gasteiger partial charge in [-0.3, -0.25) is 4.57 Å². The minimum Gasteiger partial charge on any atom is -0.450 e. The Morgan fingerprint density at radius 2 is 2.03 bits per heavy atom. The second kappa shape index (κ2) is 9.95. The lowest BCUT2D eigenvalue weighted by atomic mass is 10.1. The highest BCUT2D eigenvalue weighted by atomic mass is 28.3. The van der Waals surface area contributed by atoms with Crippen molar-refractivity contribution in [2.24, 2.45) is 0 Å². The third kappa shape index (κ3) is 5.63. The molecule has 1 aliphatic rings. The maximum Gasteiger partial charge on any atom is 0.407 e. The van der Waals surface area contributed by atoms with Crippen molar-refractivity contribution in [3.05, 3.63) is 6.33 Å². The average molecular weight is 470 g/mol. The Balaban J connectivity index is 1.59. The number of carbonyl (C=O) groups excluding carboxylic acids is 1. The largest absolute Gasteiger partial charge is 0.450 e. The summed E-state index contributed by atoms with van der Waals surface area (Å²) in [6, 6.07) is 0.898. The molecular formula is C18H31N7O6Si. The molecule has 0 saturated carbocycles. The van der Waals surface area contributed by atoms with E-state index in [1.807, 2.05) is 0 Å². The highest BCUT2D eigenvalue weighted by molar-refractivity contribution is 6.76. The summed E-state index contributed by atoms with van der Waals surface area (Å²) in [5.41, 5.74) is 6.57. The Kier molecular flexibility index (Phi) is 7.50. The van der Waals surface area contributed by atoms with Gasteiger partial charge in [-0.1, -0.05) is 19.6 Å². The number of aromatic nitrogens is 4. The van der Waals surface area contributed by atoms with Crippen LogP contribution in [0.15, 0.2) is 6.33 Å². The van der Waals surface area contributed by atoms with Crippen molar-refractivity contribution in [3.63, 3.8) is 0 Å². The molecule has 1 saturated heterocycles. The number of aliphatic hydroxyl groups excluding tert-OH is 3. The molecule has 1 fully saturated rings. The minimum absolute atomic E-state index is 0.113. The van der Waals surface area contributed by atoms with Crippen LogP contribution >= 0.6 is 0 Å². The first-order valence-electron chi connectivity index (χ1n) is 10.4. The van der Waals surface area contributed by atoms with E-state index in [4.69, 9.17) is 15.2 Å². The number of rotatable bonds is 9. The van der Waals surface area contributed by atoms with E-state index in [1.165, 1.54) is 10.9 Å². The van der Waals surface area contributed by atoms with Gasteiger partial charge in [0, 0.05) is 21.2 Å². The molecule has 0 unspecified atom stereocenters. The maximum atomic E-state index is 11.8. The number of hydrogen-bond acceptors (Lipinski definition) is 11. The van der Waals surface area contributed by atoms with Crippen LogP contribution < -0.4 is 16.4 Å². The molecule has 4 atom stereocenters. The second-order valence-corrected chi connectivity index (χ2v) is 14.4. The van der Waals surface area contributed by atoms with Crippen molar-refractivity contribution >= 4 is 37.1 Å². The van der Waals surface area contributed by atoms with Crippen LogP contribution in [0, 0.1) is 0 Å². The van der Waals surface area contributed by atoms with Crippen LogP contribution in [0.3, 0.4) is 0 Å². The molecule has 0 spiro atoms. The SMILES string of the molecule is C[Si](C)(C)CCOC(=O)NCCNc1nc(N)c2ncn([C@@H]3O[C@H](CO)[C@@H](O)[C@H]3O)c2n1. The molecular weight excluding hydrogens is 438 g/mol. The monoisotopic (exact) mass is 469 g/mol. The molecule has 13 nitrogen and oxygen atoms in total. The molecule has 1 aliphatic heterocycles. The number of alkyl carbamates (subject to hydrolysis) is 1. The van der Waals surface area contributed by atoms with E-state index in [1.54, 1.807) is 0 Å². The first-order valence-corrected chi connectivity index (χ1v) is 14.1. The number of amides is 1. The fourth-order valence-corrected chi connectivity index (χ4v) is 3.87. The molecule has 1 amide bonds. The van der Waals surface area contributed by atoms with Gasteiger partial charge >= 0.3 is 6.09 Å². The fraction of sp³-hybridized carbons (Fsp3) is 0.667. The quantitative estimate of drug-likeness (QED) is 0.205. The third-order valence-electron chi connectivity index (χ3n) is 5.00. The van der Waals surface area contributed by atoms with Crippen molar-refractivity contribution in [1.29, 1.82) is 0 Å². The molecule has 2 aromatic rings. The number of ether oxygens (including phenoxy) is 2. The first kappa shape index (κ1) is 24.1. The van der Waals surface area contributed by atoms with Crippen molar-refractivity contribution < 1.29 is 29.6 Å². The van der Waals surface area contributed by atoms with Crippen molar-refractivity contribution in [2.75, 3.05) is 37.4 Å². The number of anilines is 2. The molecule has 32 heavy (non-hydrogen) atoms. The summed E-state index contributed by atoms with van der Waals surface area (Å²) < 4.78 is 12.1. The first-order chi connectivity index (χ1) is 15.1. The number of carbonyl (C=O) groups is 1. The van der Waals surface area contributed by atoms with Crippen LogP contribution in [0.25, 0.3) is 11.2 Å². The van der Waals surface area contributed by atoms with Crippen molar-refractivity contribution in [2.45, 2.75) is 50.2 Å². The molecule has 0 aromatic carbocycles. The number of hydrogen-bond donors (Lipinski definition) is 6. The number of nitrogens with one attached hydrogen (secondary N) is 2. The van der Waals surface area contributed by atoms with Crippen LogP contribution in [-0.2, 0) is 9.47 Å². The van der Waals surface area contributed by atoms with Gasteiger partial charge in [-0.25, -0.2) is 9.78 Å². The zero-order valence-corrected chi connectivity index (χ0v) is 19.4. The summed E-state index contributed by atoms with van der Waals surface area (Å²) in [7, 11) is -1.26.